The van der Waals surface area contributed by atoms with Crippen molar-refractivity contribution in [1.29, 1.82) is 0 Å². The Hall–Kier alpha value is -6.65. The van der Waals surface area contributed by atoms with Crippen molar-refractivity contribution in [2.24, 2.45) is 11.8 Å². The average Bonchev–Trinajstić information content (AvgIpc) is 1.62. The summed E-state index contributed by atoms with van der Waals surface area (Å²) in [5.74, 6) is -8.86. The third-order valence-electron chi connectivity index (χ3n) is 17.8. The Morgan fingerprint density at radius 1 is 0.777 bits per heavy atom. The predicted octanol–water partition coefficient (Wildman–Crippen LogP) is -4.68. The summed E-state index contributed by atoms with van der Waals surface area (Å²) in [6, 6.07) is 7.13. The van der Waals surface area contributed by atoms with E-state index in [-0.39, 0.29) is 65.3 Å². The molecule has 33 heteroatoms. The molecule has 0 radical (unpaired) electrons. The summed E-state index contributed by atoms with van der Waals surface area (Å²) in [5, 5.41) is 114. The van der Waals surface area contributed by atoms with Gasteiger partial charge in [0.05, 0.1) is 30.5 Å². The van der Waals surface area contributed by atoms with Crippen molar-refractivity contribution < 1.29 is 118 Å². The van der Waals surface area contributed by atoms with E-state index < -0.39 is 165 Å². The largest absolute Gasteiger partial charge is 1.00 e. The van der Waals surface area contributed by atoms with E-state index >= 15 is 0 Å². The molecule has 1 aliphatic carbocycles. The number of benzene rings is 3. The second-order valence-corrected chi connectivity index (χ2v) is 25.8. The van der Waals surface area contributed by atoms with E-state index in [2.05, 4.69) is 79.9 Å². The number of fused-ring (bicyclic) bond motifs is 2. The summed E-state index contributed by atoms with van der Waals surface area (Å²) in [5.41, 5.74) is 2.73. The molecule has 5 aliphatic rings. The molecular formula is C61H77N12NaO18S2. The smallest absolute Gasteiger partial charge is 0.691 e. The van der Waals surface area contributed by atoms with E-state index in [9.17, 15) is 74.6 Å². The maximum atomic E-state index is 14.7. The Balaban J connectivity index is 0.0000113. The van der Waals surface area contributed by atoms with Crippen LogP contribution in [0.15, 0.2) is 66.7 Å². The minimum Gasteiger partial charge on any atom is -0.691 e. The molecule has 94 heavy (non-hydrogen) atoms. The van der Waals surface area contributed by atoms with Crippen molar-refractivity contribution in [2.75, 3.05) is 57.3 Å². The van der Waals surface area contributed by atoms with E-state index in [1.54, 1.807) is 12.1 Å². The summed E-state index contributed by atoms with van der Waals surface area (Å²) >= 11 is 1.35. The van der Waals surface area contributed by atoms with Crippen molar-refractivity contribution in [3.05, 3.63) is 89.3 Å². The van der Waals surface area contributed by atoms with Crippen LogP contribution in [0.25, 0.3) is 26.0 Å². The maximum absolute atomic E-state index is 14.7. The van der Waals surface area contributed by atoms with E-state index in [4.69, 9.17) is 10.8 Å². The number of amides is 7. The fraction of sp³-hybridized carbons (Fsp3) is 0.541. The zero-order valence-corrected chi connectivity index (χ0v) is 55.8. The van der Waals surface area contributed by atoms with Gasteiger partial charge in [0.25, 0.3) is 18.2 Å². The molecule has 13 atom stereocenters. The number of nitrogens with zero attached hydrogens (tertiary/aromatic N) is 7. The van der Waals surface area contributed by atoms with Crippen LogP contribution in [0.4, 0.5) is 5.69 Å². The number of phenolic OH excluding ortho intramolecular Hbond substituents is 1. The van der Waals surface area contributed by atoms with Gasteiger partial charge in [-0.3, -0.25) is 43.5 Å². The minimum atomic E-state index is -2.16. The number of aliphatic hydroxyl groups excluding tert-OH is 6. The fourth-order valence-corrected chi connectivity index (χ4v) is 13.6. The van der Waals surface area contributed by atoms with Gasteiger partial charge < -0.3 is 91.3 Å². The van der Waals surface area contributed by atoms with Crippen LogP contribution in [0.1, 0.15) is 75.2 Å². The van der Waals surface area contributed by atoms with Crippen molar-refractivity contribution in [3.63, 3.8) is 0 Å². The van der Waals surface area contributed by atoms with Crippen molar-refractivity contribution in [1.82, 2.24) is 51.5 Å². The molecule has 7 unspecified atom stereocenters. The van der Waals surface area contributed by atoms with Crippen LogP contribution < -0.4 is 70.5 Å². The second kappa shape index (κ2) is 33.3. The Morgan fingerprint density at radius 2 is 1.40 bits per heavy atom. The number of carbonyl (C=O) groups excluding carboxylic acids is 7. The standard InChI is InChI=1S/C61H78N12O18S2.Na/c1-31-5-14-38(15-6-31)70-19-21-71(22-20-70)39-16-12-37(13-17-39)59-69-68-58(92-59)36-10-8-35(9-11-36)53(81)64-42-25-40(75)27-63-57(85)51-52(80)32(2)29-73(51)61(87)50(46(79)28-62-4)67-56(84)49(45(78)23-34-7-18-44(77)47(24-34)89-93-91-90-88)66-55(83)43-26-41(76)30-72(43)60(86)48(33(3)74)65-54(42)82;/h7-13,16-18,24,31-33,38,40-43,45-46,48-52,74-80,88H,5-6,14-15,19-23,25-30H2,1-3H3,(H,63,85)(H,64,81)(H,65,82)(H,66,83)(H,67,84);/q;+1/p-1/t31?,32?,33?,38?,40-,41?,42-,43?,45+,46+,48?,49?,50-,51?,52-;/m0./s1. The number of aromatic nitrogens is 2. The summed E-state index contributed by atoms with van der Waals surface area (Å²) in [7, 11) is 0. The van der Waals surface area contributed by atoms with Crippen LogP contribution >= 0.6 is 23.7 Å². The number of hydrogen-bond donors (Lipinski definition) is 12. The van der Waals surface area contributed by atoms with Gasteiger partial charge in [-0.25, -0.2) is 6.57 Å². The van der Waals surface area contributed by atoms with Crippen LogP contribution in [-0.4, -0.2) is 233 Å². The first-order valence-electron chi connectivity index (χ1n) is 30.7. The number of nitrogens with one attached hydrogen (secondary N) is 5. The van der Waals surface area contributed by atoms with Gasteiger partial charge in [0.1, 0.15) is 46.3 Å². The normalized spacial score (nSPS) is 28.0. The number of hydrogen-bond acceptors (Lipinski definition) is 24. The van der Waals surface area contributed by atoms with Gasteiger partial charge in [0.15, 0.2) is 17.6 Å². The zero-order valence-electron chi connectivity index (χ0n) is 52.2. The molecule has 0 spiro atoms. The molecule has 5 fully saturated rings. The fourth-order valence-electron chi connectivity index (χ4n) is 12.5. The molecule has 30 nitrogen and oxygen atoms in total. The number of phenols is 1. The summed E-state index contributed by atoms with van der Waals surface area (Å²) in [6.45, 7) is 13.9. The Kier molecular flexibility index (Phi) is 26.0. The maximum Gasteiger partial charge on any atom is 1.00 e. The second-order valence-electron chi connectivity index (χ2n) is 24.4. The van der Waals surface area contributed by atoms with E-state index in [1.165, 1.54) is 62.1 Å². The first-order valence-corrected chi connectivity index (χ1v) is 32.2. The van der Waals surface area contributed by atoms with Gasteiger partial charge in [-0.05, 0) is 92.6 Å². The zero-order chi connectivity index (χ0) is 66.8. The molecule has 4 aliphatic heterocycles. The SMILES string of the molecule is [C-]#[N+]C[C@@H](O)[C@@H]1NC(=O)C([C@H](O)Cc2ccc(O)c(OSOO[O-])c2)NC(=O)C2CC(O)CN2C(=O)C(C(C)O)NC(=O)[C@@H](NC(=O)c2ccc(-c3nnc(-c4ccc(N5CCN(C6CCC(C)CC6)CC5)cc4)s3)cc2)C[C@H](O)CNC(=O)C2[C@@H](O)C(C)CN2C1=O.[Na+]. The average molecular weight is 1350 g/mol. The van der Waals surface area contributed by atoms with Gasteiger partial charge in [-0.15, -0.1) is 14.5 Å². The van der Waals surface area contributed by atoms with E-state index in [1.807, 2.05) is 12.1 Å². The van der Waals surface area contributed by atoms with Gasteiger partial charge in [-0.1, -0.05) is 43.4 Å². The topological polar surface area (TPSA) is 415 Å². The minimum absolute atomic E-state index is 0. The van der Waals surface area contributed by atoms with Crippen LogP contribution in [0.2, 0.25) is 0 Å². The Bertz CT molecular complexity index is 3340. The van der Waals surface area contributed by atoms with Crippen LogP contribution in [0.5, 0.6) is 11.5 Å². The van der Waals surface area contributed by atoms with Crippen molar-refractivity contribution >= 4 is 70.7 Å². The van der Waals surface area contributed by atoms with Gasteiger partial charge in [0.2, 0.25) is 42.0 Å². The number of aliphatic hydroxyl groups is 6. The number of piperazine rings is 1. The number of anilines is 1. The van der Waals surface area contributed by atoms with Crippen LogP contribution in [0, 0.1) is 18.4 Å². The molecule has 5 heterocycles. The third-order valence-corrected chi connectivity index (χ3v) is 19.2. The van der Waals surface area contributed by atoms with Crippen molar-refractivity contribution in [2.45, 2.75) is 145 Å². The van der Waals surface area contributed by atoms with Gasteiger partial charge in [0, 0.05) is 99.4 Å². The van der Waals surface area contributed by atoms with Crippen LogP contribution in [-0.2, 0) is 44.6 Å². The van der Waals surface area contributed by atoms with Gasteiger partial charge in [-0.2, -0.15) is 0 Å². The first-order chi connectivity index (χ1) is 44.5. The molecule has 502 valence electrons. The summed E-state index contributed by atoms with van der Waals surface area (Å²) in [4.78, 5) is 111. The number of rotatable bonds is 16. The van der Waals surface area contributed by atoms with E-state index in [0.717, 1.165) is 72.2 Å². The Morgan fingerprint density at radius 3 is 2.04 bits per heavy atom. The Labute approximate surface area is 572 Å². The quantitative estimate of drug-likeness (QED) is 0.0125. The molecule has 4 aromatic rings. The molecule has 7 amide bonds. The van der Waals surface area contributed by atoms with E-state index in [0.29, 0.717) is 21.6 Å². The van der Waals surface area contributed by atoms with Gasteiger partial charge >= 0.3 is 29.6 Å². The predicted molar refractivity (Wildman–Crippen MR) is 331 cm³/mol. The monoisotopic (exact) mass is 1350 g/mol. The molecular weight excluding hydrogens is 1280 g/mol. The number of carbonyl (C=O) groups is 7. The molecule has 9 rings (SSSR count). The molecule has 3 aromatic carbocycles. The molecule has 1 saturated carbocycles. The number of β-amino-alcohol motifs (C(OH)–C–C–N with tert-alkyl or cyclic N) is 1. The third kappa shape index (κ3) is 17.9. The molecule has 12 N–H and O–H groups in total. The molecule has 0 bridgehead atoms. The summed E-state index contributed by atoms with van der Waals surface area (Å²) in [6.07, 6.45) is -7.21. The van der Waals surface area contributed by atoms with Crippen LogP contribution in [0.3, 0.4) is 0 Å². The number of aromatic hydroxyl groups is 1. The molecule has 1 aromatic heterocycles. The summed E-state index contributed by atoms with van der Waals surface area (Å²) < 4.78 is 9.17. The first kappa shape index (κ1) is 73.2. The molecule has 4 saturated heterocycles. The van der Waals surface area contributed by atoms with Crippen molar-refractivity contribution in [3.8, 4) is 32.6 Å².